The Bertz CT molecular complexity index is 302. The number of hydrogen-bond acceptors (Lipinski definition) is 4. The smallest absolute Gasteiger partial charge is 0.0680 e. The third-order valence-electron chi connectivity index (χ3n) is 3.08. The molecule has 2 heterocycles. The highest BCUT2D eigenvalue weighted by molar-refractivity contribution is 7.09. The van der Waals surface area contributed by atoms with Gasteiger partial charge in [-0.05, 0) is 24.4 Å². The Balaban J connectivity index is 1.81. The molecule has 0 bridgehead atoms. The van der Waals surface area contributed by atoms with Crippen molar-refractivity contribution >= 4 is 11.3 Å². The summed E-state index contributed by atoms with van der Waals surface area (Å²) in [4.78, 5) is 3.85. The second-order valence-electron chi connectivity index (χ2n) is 4.40. The van der Waals surface area contributed by atoms with E-state index in [0.717, 1.165) is 32.6 Å². The Hall–Kier alpha value is -0.420. The van der Waals surface area contributed by atoms with E-state index in [-0.39, 0.29) is 6.10 Å². The van der Waals surface area contributed by atoms with Crippen molar-refractivity contribution in [3.8, 4) is 0 Å². The standard InChI is InChI=1S/C12H20N2OS/c1-2-14(9-12-4-3-5-16-12)8-10-6-11(15)7-13-10/h3-5,10-11,13,15H,2,6-9H2,1H3. The minimum Gasteiger partial charge on any atom is -0.392 e. The van der Waals surface area contributed by atoms with Gasteiger partial charge in [0.1, 0.15) is 0 Å². The van der Waals surface area contributed by atoms with Gasteiger partial charge in [-0.15, -0.1) is 11.3 Å². The molecular formula is C12H20N2OS. The second-order valence-corrected chi connectivity index (χ2v) is 5.43. The number of β-amino-alcohol motifs (C(OH)–C–C–N with tert-alkyl or cyclic N) is 1. The first-order valence-corrected chi connectivity index (χ1v) is 6.82. The summed E-state index contributed by atoms with van der Waals surface area (Å²) in [5.41, 5.74) is 0. The fourth-order valence-corrected chi connectivity index (χ4v) is 2.92. The SMILES string of the molecule is CCN(Cc1cccs1)CC1CC(O)CN1. The number of hydrogen-bond donors (Lipinski definition) is 2. The van der Waals surface area contributed by atoms with Gasteiger partial charge in [-0.2, -0.15) is 0 Å². The van der Waals surface area contributed by atoms with Crippen LogP contribution in [0, 0.1) is 0 Å². The Labute approximate surface area is 101 Å². The summed E-state index contributed by atoms with van der Waals surface area (Å²) >= 11 is 1.81. The molecule has 2 N–H and O–H groups in total. The predicted molar refractivity (Wildman–Crippen MR) is 67.7 cm³/mol. The van der Waals surface area contributed by atoms with E-state index in [1.165, 1.54) is 4.88 Å². The highest BCUT2D eigenvalue weighted by Gasteiger charge is 2.23. The lowest BCUT2D eigenvalue weighted by molar-refractivity contribution is 0.187. The Morgan fingerprint density at radius 2 is 2.50 bits per heavy atom. The van der Waals surface area contributed by atoms with Crippen LogP contribution in [0.5, 0.6) is 0 Å². The molecule has 0 spiro atoms. The first-order chi connectivity index (χ1) is 7.78. The number of aliphatic hydroxyl groups excluding tert-OH is 1. The Morgan fingerprint density at radius 1 is 1.62 bits per heavy atom. The molecule has 2 unspecified atom stereocenters. The maximum absolute atomic E-state index is 9.46. The molecular weight excluding hydrogens is 220 g/mol. The average molecular weight is 240 g/mol. The Kier molecular flexibility index (Phi) is 4.35. The predicted octanol–water partition coefficient (Wildman–Crippen LogP) is 1.29. The van der Waals surface area contributed by atoms with Crippen LogP contribution in [0.4, 0.5) is 0 Å². The van der Waals surface area contributed by atoms with Crippen molar-refractivity contribution in [3.05, 3.63) is 22.4 Å². The molecule has 0 radical (unpaired) electrons. The third kappa shape index (κ3) is 3.28. The van der Waals surface area contributed by atoms with Crippen LogP contribution in [0.3, 0.4) is 0 Å². The molecule has 1 fully saturated rings. The van der Waals surface area contributed by atoms with Gasteiger partial charge < -0.3 is 10.4 Å². The van der Waals surface area contributed by atoms with Crippen molar-refractivity contribution in [3.63, 3.8) is 0 Å². The first kappa shape index (κ1) is 12.0. The summed E-state index contributed by atoms with van der Waals surface area (Å²) in [6.45, 7) is 6.07. The average Bonchev–Trinajstić information content (AvgIpc) is 2.89. The van der Waals surface area contributed by atoms with E-state index in [1.54, 1.807) is 0 Å². The van der Waals surface area contributed by atoms with Gasteiger partial charge in [0.05, 0.1) is 6.10 Å². The van der Waals surface area contributed by atoms with E-state index >= 15 is 0 Å². The topological polar surface area (TPSA) is 35.5 Å². The Morgan fingerprint density at radius 3 is 3.06 bits per heavy atom. The van der Waals surface area contributed by atoms with Crippen LogP contribution in [0.25, 0.3) is 0 Å². The van der Waals surface area contributed by atoms with E-state index in [9.17, 15) is 5.11 Å². The normalized spacial score (nSPS) is 25.4. The van der Waals surface area contributed by atoms with Gasteiger partial charge in [0.2, 0.25) is 0 Å². The van der Waals surface area contributed by atoms with Crippen molar-refractivity contribution in [2.24, 2.45) is 0 Å². The lowest BCUT2D eigenvalue weighted by Gasteiger charge is -2.23. The largest absolute Gasteiger partial charge is 0.392 e. The molecule has 0 aromatic carbocycles. The molecule has 1 aliphatic rings. The summed E-state index contributed by atoms with van der Waals surface area (Å²) in [5, 5.41) is 15.0. The maximum atomic E-state index is 9.46. The fourth-order valence-electron chi connectivity index (χ4n) is 2.18. The maximum Gasteiger partial charge on any atom is 0.0680 e. The van der Waals surface area contributed by atoms with Crippen LogP contribution < -0.4 is 5.32 Å². The summed E-state index contributed by atoms with van der Waals surface area (Å²) in [5.74, 6) is 0. The van der Waals surface area contributed by atoms with Crippen molar-refractivity contribution in [2.75, 3.05) is 19.6 Å². The first-order valence-electron chi connectivity index (χ1n) is 5.94. The highest BCUT2D eigenvalue weighted by atomic mass is 32.1. The second kappa shape index (κ2) is 5.77. The van der Waals surface area contributed by atoms with E-state index in [4.69, 9.17) is 0 Å². The lowest BCUT2D eigenvalue weighted by Crippen LogP contribution is -2.36. The number of nitrogens with one attached hydrogen (secondary N) is 1. The number of aliphatic hydroxyl groups is 1. The zero-order valence-electron chi connectivity index (χ0n) is 9.72. The van der Waals surface area contributed by atoms with Crippen LogP contribution >= 0.6 is 11.3 Å². The van der Waals surface area contributed by atoms with E-state index in [0.29, 0.717) is 6.04 Å². The fraction of sp³-hybridized carbons (Fsp3) is 0.667. The van der Waals surface area contributed by atoms with Gasteiger partial charge in [-0.3, -0.25) is 4.90 Å². The molecule has 90 valence electrons. The number of thiophene rings is 1. The number of likely N-dealkylation sites (N-methyl/N-ethyl adjacent to an activating group) is 1. The van der Waals surface area contributed by atoms with Crippen LogP contribution in [-0.4, -0.2) is 41.8 Å². The van der Waals surface area contributed by atoms with E-state index in [1.807, 2.05) is 11.3 Å². The summed E-state index contributed by atoms with van der Waals surface area (Å²) in [6.07, 6.45) is 0.742. The molecule has 0 saturated carbocycles. The number of rotatable bonds is 5. The zero-order chi connectivity index (χ0) is 11.4. The molecule has 1 aromatic heterocycles. The molecule has 0 amide bonds. The molecule has 0 aliphatic carbocycles. The molecule has 1 aliphatic heterocycles. The molecule has 2 atom stereocenters. The van der Waals surface area contributed by atoms with Gasteiger partial charge in [0.15, 0.2) is 0 Å². The van der Waals surface area contributed by atoms with E-state index in [2.05, 4.69) is 34.7 Å². The molecule has 2 rings (SSSR count). The quantitative estimate of drug-likeness (QED) is 0.814. The minimum absolute atomic E-state index is 0.148. The van der Waals surface area contributed by atoms with Crippen LogP contribution in [0.1, 0.15) is 18.2 Å². The van der Waals surface area contributed by atoms with Gasteiger partial charge in [0.25, 0.3) is 0 Å². The summed E-state index contributed by atoms with van der Waals surface area (Å²) < 4.78 is 0. The van der Waals surface area contributed by atoms with Gasteiger partial charge in [0, 0.05) is 30.6 Å². The molecule has 3 nitrogen and oxygen atoms in total. The highest BCUT2D eigenvalue weighted by Crippen LogP contribution is 2.14. The van der Waals surface area contributed by atoms with Gasteiger partial charge in [-0.25, -0.2) is 0 Å². The molecule has 16 heavy (non-hydrogen) atoms. The van der Waals surface area contributed by atoms with Gasteiger partial charge in [-0.1, -0.05) is 13.0 Å². The minimum atomic E-state index is -0.148. The van der Waals surface area contributed by atoms with Crippen molar-refractivity contribution in [1.82, 2.24) is 10.2 Å². The van der Waals surface area contributed by atoms with Crippen LogP contribution in [0.2, 0.25) is 0 Å². The van der Waals surface area contributed by atoms with Crippen molar-refractivity contribution < 1.29 is 5.11 Å². The summed E-state index contributed by atoms with van der Waals surface area (Å²) in [6, 6.07) is 4.74. The van der Waals surface area contributed by atoms with Crippen LogP contribution in [0.15, 0.2) is 17.5 Å². The molecule has 1 aromatic rings. The van der Waals surface area contributed by atoms with Crippen molar-refractivity contribution in [1.29, 1.82) is 0 Å². The third-order valence-corrected chi connectivity index (χ3v) is 3.95. The molecule has 4 heteroatoms. The molecule has 1 saturated heterocycles. The van der Waals surface area contributed by atoms with Crippen LogP contribution in [-0.2, 0) is 6.54 Å². The van der Waals surface area contributed by atoms with E-state index < -0.39 is 0 Å². The monoisotopic (exact) mass is 240 g/mol. The zero-order valence-corrected chi connectivity index (χ0v) is 10.5. The summed E-state index contributed by atoms with van der Waals surface area (Å²) in [7, 11) is 0. The number of nitrogens with zero attached hydrogens (tertiary/aromatic N) is 1. The van der Waals surface area contributed by atoms with Gasteiger partial charge >= 0.3 is 0 Å². The lowest BCUT2D eigenvalue weighted by atomic mass is 10.2. The van der Waals surface area contributed by atoms with Crippen molar-refractivity contribution in [2.45, 2.75) is 32.0 Å².